The Morgan fingerprint density at radius 3 is 2.94 bits per heavy atom. The molecule has 0 unspecified atom stereocenters. The van der Waals surface area contributed by atoms with Crippen molar-refractivity contribution < 1.29 is 4.79 Å². The molecule has 0 radical (unpaired) electrons. The number of halogens is 1. The van der Waals surface area contributed by atoms with Gasteiger partial charge in [0.2, 0.25) is 0 Å². The minimum atomic E-state index is 0.169. The number of thioether (sulfide) groups is 1. The Labute approximate surface area is 106 Å². The van der Waals surface area contributed by atoms with Crippen LogP contribution in [0.25, 0.3) is 6.08 Å². The van der Waals surface area contributed by atoms with Gasteiger partial charge in [-0.3, -0.25) is 4.79 Å². The van der Waals surface area contributed by atoms with Gasteiger partial charge in [-0.1, -0.05) is 53.2 Å². The fraction of sp³-hybridized carbons (Fsp3) is 0.308. The maximum atomic E-state index is 10.7. The average molecular weight is 255 g/mol. The summed E-state index contributed by atoms with van der Waals surface area (Å²) in [5.41, 5.74) is 2.23. The molecule has 0 N–H and O–H groups in total. The average Bonchev–Trinajstić information content (AvgIpc) is 2.22. The van der Waals surface area contributed by atoms with E-state index in [1.165, 1.54) is 17.3 Å². The van der Waals surface area contributed by atoms with E-state index in [-0.39, 0.29) is 5.12 Å². The molecule has 0 saturated carbocycles. The van der Waals surface area contributed by atoms with Gasteiger partial charge in [0.05, 0.1) is 0 Å². The molecule has 3 heteroatoms. The predicted molar refractivity (Wildman–Crippen MR) is 73.0 cm³/mol. The second kappa shape index (κ2) is 6.77. The molecule has 0 atom stereocenters. The van der Waals surface area contributed by atoms with Crippen LogP contribution >= 0.6 is 23.4 Å². The molecule has 1 rings (SSSR count). The van der Waals surface area contributed by atoms with Gasteiger partial charge < -0.3 is 0 Å². The Morgan fingerprint density at radius 1 is 1.50 bits per heavy atom. The molecule has 16 heavy (non-hydrogen) atoms. The maximum absolute atomic E-state index is 10.7. The van der Waals surface area contributed by atoms with Crippen molar-refractivity contribution in [3.63, 3.8) is 0 Å². The molecule has 1 aromatic rings. The summed E-state index contributed by atoms with van der Waals surface area (Å²) in [6, 6.07) is 5.95. The Kier molecular flexibility index (Phi) is 5.64. The van der Waals surface area contributed by atoms with Gasteiger partial charge in [0.1, 0.15) is 0 Å². The first kappa shape index (κ1) is 13.3. The third-order valence-electron chi connectivity index (χ3n) is 2.04. The number of allylic oxidation sites excluding steroid dienone is 1. The van der Waals surface area contributed by atoms with Crippen molar-refractivity contribution in [3.05, 3.63) is 40.4 Å². The van der Waals surface area contributed by atoms with Gasteiger partial charge in [-0.25, -0.2) is 0 Å². The molecule has 0 spiro atoms. The van der Waals surface area contributed by atoms with Crippen molar-refractivity contribution in [1.82, 2.24) is 0 Å². The summed E-state index contributed by atoms with van der Waals surface area (Å²) in [5.74, 6) is 0.829. The highest BCUT2D eigenvalue weighted by atomic mass is 35.5. The summed E-state index contributed by atoms with van der Waals surface area (Å²) >= 11 is 7.40. The van der Waals surface area contributed by atoms with Crippen LogP contribution in [-0.2, 0) is 4.79 Å². The topological polar surface area (TPSA) is 17.1 Å². The minimum absolute atomic E-state index is 0.169. The fourth-order valence-corrected chi connectivity index (χ4v) is 1.99. The normalized spacial score (nSPS) is 10.9. The number of carbonyl (C=O) groups is 1. The van der Waals surface area contributed by atoms with E-state index in [4.69, 9.17) is 11.6 Å². The summed E-state index contributed by atoms with van der Waals surface area (Å²) in [4.78, 5) is 10.7. The van der Waals surface area contributed by atoms with E-state index in [0.29, 0.717) is 0 Å². The molecular formula is C13H15ClOS. The second-order valence-electron chi connectivity index (χ2n) is 3.56. The van der Waals surface area contributed by atoms with Crippen molar-refractivity contribution in [2.24, 2.45) is 0 Å². The van der Waals surface area contributed by atoms with Gasteiger partial charge in [-0.2, -0.15) is 0 Å². The number of aryl methyl sites for hydroxylation is 1. The molecule has 0 aliphatic carbocycles. The number of carbonyl (C=O) groups excluding carboxylic acids is 1. The van der Waals surface area contributed by atoms with Crippen LogP contribution in [0.3, 0.4) is 0 Å². The largest absolute Gasteiger partial charge is 0.288 e. The van der Waals surface area contributed by atoms with Crippen LogP contribution in [0.4, 0.5) is 0 Å². The molecule has 1 aromatic carbocycles. The lowest BCUT2D eigenvalue weighted by Crippen LogP contribution is -1.84. The Hall–Kier alpha value is -0.730. The van der Waals surface area contributed by atoms with E-state index >= 15 is 0 Å². The molecular weight excluding hydrogens is 240 g/mol. The summed E-state index contributed by atoms with van der Waals surface area (Å²) in [7, 11) is 0. The van der Waals surface area contributed by atoms with Crippen LogP contribution in [0.5, 0.6) is 0 Å². The lowest BCUT2D eigenvalue weighted by atomic mass is 10.1. The van der Waals surface area contributed by atoms with Gasteiger partial charge in [-0.15, -0.1) is 0 Å². The molecule has 0 fully saturated rings. The highest BCUT2D eigenvalue weighted by Crippen LogP contribution is 2.19. The molecule has 1 nitrogen and oxygen atoms in total. The molecule has 0 amide bonds. The van der Waals surface area contributed by atoms with Crippen LogP contribution in [0.15, 0.2) is 24.3 Å². The number of benzene rings is 1. The lowest BCUT2D eigenvalue weighted by Gasteiger charge is -1.99. The van der Waals surface area contributed by atoms with E-state index in [2.05, 4.69) is 12.1 Å². The molecule has 0 saturated heterocycles. The Balaban J connectivity index is 2.49. The lowest BCUT2D eigenvalue weighted by molar-refractivity contribution is -0.109. The zero-order valence-corrected chi connectivity index (χ0v) is 11.1. The predicted octanol–water partition coefficient (Wildman–Crippen LogP) is 4.33. The first-order valence-electron chi connectivity index (χ1n) is 5.15. The minimum Gasteiger partial charge on any atom is -0.288 e. The van der Waals surface area contributed by atoms with Crippen molar-refractivity contribution in [3.8, 4) is 0 Å². The molecule has 0 heterocycles. The Bertz CT molecular complexity index is 399. The van der Waals surface area contributed by atoms with E-state index < -0.39 is 0 Å². The standard InChI is InChI=1S/C13H15ClOS/c1-10-6-7-13(14)12(9-10)5-3-4-8-16-11(2)15/h3,5-7,9H,4,8H2,1-2H3. The van der Waals surface area contributed by atoms with Gasteiger partial charge in [-0.05, 0) is 25.0 Å². The molecule has 0 aliphatic rings. The van der Waals surface area contributed by atoms with Gasteiger partial charge >= 0.3 is 0 Å². The summed E-state index contributed by atoms with van der Waals surface area (Å²) < 4.78 is 0. The summed E-state index contributed by atoms with van der Waals surface area (Å²) in [6.07, 6.45) is 4.95. The number of rotatable bonds is 4. The number of hydrogen-bond acceptors (Lipinski definition) is 2. The van der Waals surface area contributed by atoms with E-state index in [1.54, 1.807) is 6.92 Å². The van der Waals surface area contributed by atoms with Crippen molar-refractivity contribution in [1.29, 1.82) is 0 Å². The maximum Gasteiger partial charge on any atom is 0.185 e. The second-order valence-corrected chi connectivity index (χ2v) is 5.24. The van der Waals surface area contributed by atoms with Crippen molar-refractivity contribution in [2.45, 2.75) is 20.3 Å². The van der Waals surface area contributed by atoms with Gasteiger partial charge in [0, 0.05) is 17.7 Å². The quantitative estimate of drug-likeness (QED) is 0.744. The highest BCUT2D eigenvalue weighted by molar-refractivity contribution is 8.13. The SMILES string of the molecule is CC(=O)SCCC=Cc1cc(C)ccc1Cl. The van der Waals surface area contributed by atoms with Gasteiger partial charge in [0.15, 0.2) is 5.12 Å². The third kappa shape index (κ3) is 4.86. The molecule has 0 aromatic heterocycles. The molecule has 86 valence electrons. The monoisotopic (exact) mass is 254 g/mol. The number of hydrogen-bond donors (Lipinski definition) is 0. The van der Waals surface area contributed by atoms with Crippen LogP contribution < -0.4 is 0 Å². The summed E-state index contributed by atoms with van der Waals surface area (Å²) in [5, 5.41) is 0.933. The highest BCUT2D eigenvalue weighted by Gasteiger charge is 1.96. The first-order chi connectivity index (χ1) is 7.59. The third-order valence-corrected chi connectivity index (χ3v) is 3.23. The first-order valence-corrected chi connectivity index (χ1v) is 6.52. The van der Waals surface area contributed by atoms with Crippen molar-refractivity contribution in [2.75, 3.05) is 5.75 Å². The van der Waals surface area contributed by atoms with E-state index in [9.17, 15) is 4.79 Å². The van der Waals surface area contributed by atoms with Crippen molar-refractivity contribution >= 4 is 34.6 Å². The van der Waals surface area contributed by atoms with E-state index in [0.717, 1.165) is 22.8 Å². The van der Waals surface area contributed by atoms with Crippen LogP contribution in [0, 0.1) is 6.92 Å². The smallest absolute Gasteiger partial charge is 0.185 e. The fourth-order valence-electron chi connectivity index (χ4n) is 1.27. The van der Waals surface area contributed by atoms with Crippen LogP contribution in [0.2, 0.25) is 5.02 Å². The van der Waals surface area contributed by atoms with E-state index in [1.807, 2.05) is 25.1 Å². The van der Waals surface area contributed by atoms with Crippen LogP contribution in [0.1, 0.15) is 24.5 Å². The van der Waals surface area contributed by atoms with Crippen LogP contribution in [-0.4, -0.2) is 10.9 Å². The molecule has 0 aliphatic heterocycles. The zero-order chi connectivity index (χ0) is 12.0. The molecule has 0 bridgehead atoms. The zero-order valence-electron chi connectivity index (χ0n) is 9.50. The Morgan fingerprint density at radius 2 is 2.25 bits per heavy atom. The summed E-state index contributed by atoms with van der Waals surface area (Å²) in [6.45, 7) is 3.63. The van der Waals surface area contributed by atoms with Gasteiger partial charge in [0.25, 0.3) is 0 Å².